The molecule has 0 N–H and O–H groups in total. The molecule has 0 aromatic rings. The molecular weight excluding hydrogens is 156 g/mol. The summed E-state index contributed by atoms with van der Waals surface area (Å²) in [5.74, 6) is 0.888. The number of unbranched alkanes of at least 4 members (excludes halogenated alkanes) is 4. The standard InChI is InChI=1S/C13H24/c1-4-5-6-7-8-9-10-12-11-13(12,2)3/h9-10,12H,4-8,11H2,1-3H3/b10-9+/t12-/m1/s1. The van der Waals surface area contributed by atoms with E-state index in [1.54, 1.807) is 0 Å². The Morgan fingerprint density at radius 1 is 1.23 bits per heavy atom. The summed E-state index contributed by atoms with van der Waals surface area (Å²) in [4.78, 5) is 0. The fourth-order valence-electron chi connectivity index (χ4n) is 1.79. The molecule has 0 aromatic carbocycles. The van der Waals surface area contributed by atoms with Crippen LogP contribution in [0.5, 0.6) is 0 Å². The van der Waals surface area contributed by atoms with Gasteiger partial charge in [-0.05, 0) is 30.6 Å². The maximum Gasteiger partial charge on any atom is -0.0177 e. The van der Waals surface area contributed by atoms with E-state index in [9.17, 15) is 0 Å². The van der Waals surface area contributed by atoms with Crippen molar-refractivity contribution in [2.24, 2.45) is 11.3 Å². The molecule has 0 amide bonds. The maximum absolute atomic E-state index is 2.44. The van der Waals surface area contributed by atoms with Gasteiger partial charge in [0, 0.05) is 0 Å². The number of allylic oxidation sites excluding steroid dienone is 2. The minimum Gasteiger partial charge on any atom is -0.0882 e. The molecule has 0 nitrogen and oxygen atoms in total. The summed E-state index contributed by atoms with van der Waals surface area (Å²) >= 11 is 0. The Balaban J connectivity index is 1.94. The third-order valence-corrected chi connectivity index (χ3v) is 3.18. The second kappa shape index (κ2) is 4.83. The van der Waals surface area contributed by atoms with Crippen molar-refractivity contribution in [3.8, 4) is 0 Å². The predicted molar refractivity (Wildman–Crippen MR) is 59.8 cm³/mol. The van der Waals surface area contributed by atoms with E-state index in [4.69, 9.17) is 0 Å². The molecule has 1 aliphatic rings. The fraction of sp³-hybridized carbons (Fsp3) is 0.846. The van der Waals surface area contributed by atoms with Crippen LogP contribution in [0.1, 0.15) is 59.3 Å². The normalized spacial score (nSPS) is 25.3. The molecule has 0 spiro atoms. The van der Waals surface area contributed by atoms with Crippen LogP contribution in [-0.4, -0.2) is 0 Å². The molecule has 1 rings (SSSR count). The van der Waals surface area contributed by atoms with E-state index in [-0.39, 0.29) is 0 Å². The summed E-state index contributed by atoms with van der Waals surface area (Å²) < 4.78 is 0. The molecular formula is C13H24. The van der Waals surface area contributed by atoms with E-state index in [1.807, 2.05) is 0 Å². The van der Waals surface area contributed by atoms with Gasteiger partial charge in [-0.15, -0.1) is 0 Å². The Morgan fingerprint density at radius 2 is 1.92 bits per heavy atom. The highest BCUT2D eigenvalue weighted by molar-refractivity contribution is 5.07. The SMILES string of the molecule is CCCCCC/C=C/[C@@H]1CC1(C)C. The fourth-order valence-corrected chi connectivity index (χ4v) is 1.79. The molecule has 0 aliphatic heterocycles. The summed E-state index contributed by atoms with van der Waals surface area (Å²) in [6.07, 6.45) is 13.1. The summed E-state index contributed by atoms with van der Waals surface area (Å²) in [6, 6.07) is 0. The Morgan fingerprint density at radius 3 is 2.46 bits per heavy atom. The van der Waals surface area contributed by atoms with Crippen LogP contribution in [0, 0.1) is 11.3 Å². The molecule has 0 unspecified atom stereocenters. The zero-order valence-corrected chi connectivity index (χ0v) is 9.47. The van der Waals surface area contributed by atoms with Gasteiger partial charge in [0.05, 0.1) is 0 Å². The van der Waals surface area contributed by atoms with Gasteiger partial charge in [0.25, 0.3) is 0 Å². The van der Waals surface area contributed by atoms with Crippen molar-refractivity contribution in [1.82, 2.24) is 0 Å². The first kappa shape index (κ1) is 10.8. The molecule has 0 aromatic heterocycles. The Hall–Kier alpha value is -0.260. The quantitative estimate of drug-likeness (QED) is 0.415. The van der Waals surface area contributed by atoms with Gasteiger partial charge in [0.2, 0.25) is 0 Å². The average molecular weight is 180 g/mol. The highest BCUT2D eigenvalue weighted by Crippen LogP contribution is 2.52. The zero-order chi connectivity index (χ0) is 9.73. The third-order valence-electron chi connectivity index (χ3n) is 3.18. The monoisotopic (exact) mass is 180 g/mol. The smallest absolute Gasteiger partial charge is 0.0177 e. The van der Waals surface area contributed by atoms with E-state index in [0.717, 1.165) is 5.92 Å². The van der Waals surface area contributed by atoms with Crippen LogP contribution in [0.15, 0.2) is 12.2 Å². The highest BCUT2D eigenvalue weighted by atomic mass is 14.5. The maximum atomic E-state index is 2.44. The van der Waals surface area contributed by atoms with Crippen LogP contribution < -0.4 is 0 Å². The molecule has 0 saturated heterocycles. The van der Waals surface area contributed by atoms with Crippen molar-refractivity contribution in [1.29, 1.82) is 0 Å². The van der Waals surface area contributed by atoms with Crippen molar-refractivity contribution in [3.05, 3.63) is 12.2 Å². The molecule has 1 aliphatic carbocycles. The van der Waals surface area contributed by atoms with Crippen molar-refractivity contribution in [2.75, 3.05) is 0 Å². The van der Waals surface area contributed by atoms with E-state index in [2.05, 4.69) is 32.9 Å². The topological polar surface area (TPSA) is 0 Å². The largest absolute Gasteiger partial charge is 0.0882 e. The number of rotatable bonds is 6. The third kappa shape index (κ3) is 3.97. The van der Waals surface area contributed by atoms with E-state index < -0.39 is 0 Å². The van der Waals surface area contributed by atoms with Crippen LogP contribution in [0.3, 0.4) is 0 Å². The molecule has 0 radical (unpaired) electrons. The lowest BCUT2D eigenvalue weighted by Gasteiger charge is -1.97. The van der Waals surface area contributed by atoms with Crippen LogP contribution in [-0.2, 0) is 0 Å². The Bertz CT molecular complexity index is 165. The summed E-state index contributed by atoms with van der Waals surface area (Å²) in [7, 11) is 0. The van der Waals surface area contributed by atoms with Crippen molar-refractivity contribution >= 4 is 0 Å². The summed E-state index contributed by atoms with van der Waals surface area (Å²) in [6.45, 7) is 6.99. The van der Waals surface area contributed by atoms with Gasteiger partial charge in [-0.2, -0.15) is 0 Å². The van der Waals surface area contributed by atoms with E-state index >= 15 is 0 Å². The van der Waals surface area contributed by atoms with Crippen molar-refractivity contribution < 1.29 is 0 Å². The second-order valence-electron chi connectivity index (χ2n) is 5.08. The average Bonchev–Trinajstić information content (AvgIpc) is 2.67. The lowest BCUT2D eigenvalue weighted by Crippen LogP contribution is -1.85. The Kier molecular flexibility index (Phi) is 4.02. The van der Waals surface area contributed by atoms with Gasteiger partial charge >= 0.3 is 0 Å². The van der Waals surface area contributed by atoms with Crippen LogP contribution >= 0.6 is 0 Å². The summed E-state index contributed by atoms with van der Waals surface area (Å²) in [5, 5.41) is 0. The molecule has 1 saturated carbocycles. The van der Waals surface area contributed by atoms with E-state index in [0.29, 0.717) is 5.41 Å². The molecule has 0 heterocycles. The number of hydrogen-bond donors (Lipinski definition) is 0. The predicted octanol–water partition coefficient (Wildman–Crippen LogP) is 4.56. The second-order valence-corrected chi connectivity index (χ2v) is 5.08. The van der Waals surface area contributed by atoms with Gasteiger partial charge in [-0.25, -0.2) is 0 Å². The molecule has 76 valence electrons. The van der Waals surface area contributed by atoms with Gasteiger partial charge in [-0.1, -0.05) is 52.2 Å². The van der Waals surface area contributed by atoms with Gasteiger partial charge < -0.3 is 0 Å². The first-order chi connectivity index (χ1) is 6.17. The van der Waals surface area contributed by atoms with Crippen molar-refractivity contribution in [3.63, 3.8) is 0 Å². The first-order valence-corrected chi connectivity index (χ1v) is 5.83. The molecule has 0 bridgehead atoms. The summed E-state index contributed by atoms with van der Waals surface area (Å²) in [5.41, 5.74) is 0.625. The van der Waals surface area contributed by atoms with Gasteiger partial charge in [-0.3, -0.25) is 0 Å². The molecule has 1 fully saturated rings. The minimum atomic E-state index is 0.625. The number of hydrogen-bond acceptors (Lipinski definition) is 0. The molecule has 0 heteroatoms. The van der Waals surface area contributed by atoms with Crippen molar-refractivity contribution in [2.45, 2.75) is 59.3 Å². The zero-order valence-electron chi connectivity index (χ0n) is 9.47. The first-order valence-electron chi connectivity index (χ1n) is 5.83. The van der Waals surface area contributed by atoms with Gasteiger partial charge in [0.15, 0.2) is 0 Å². The molecule has 13 heavy (non-hydrogen) atoms. The van der Waals surface area contributed by atoms with E-state index in [1.165, 1.54) is 38.5 Å². The lowest BCUT2D eigenvalue weighted by atomic mass is 10.1. The minimum absolute atomic E-state index is 0.625. The van der Waals surface area contributed by atoms with Crippen LogP contribution in [0.25, 0.3) is 0 Å². The highest BCUT2D eigenvalue weighted by Gasteiger charge is 2.43. The van der Waals surface area contributed by atoms with Gasteiger partial charge in [0.1, 0.15) is 0 Å². The lowest BCUT2D eigenvalue weighted by molar-refractivity contribution is 0.608. The van der Waals surface area contributed by atoms with Crippen LogP contribution in [0.2, 0.25) is 0 Å². The Labute approximate surface area is 83.4 Å². The van der Waals surface area contributed by atoms with Crippen LogP contribution in [0.4, 0.5) is 0 Å². The molecule has 1 atom stereocenters.